The summed E-state index contributed by atoms with van der Waals surface area (Å²) in [6.45, 7) is 0.275. The molecule has 0 spiro atoms. The molecule has 112 valence electrons. The molecule has 2 aliphatic carbocycles. The largest absolute Gasteiger partial charge is 0.319 e. The second-order valence-corrected chi connectivity index (χ2v) is 6.50. The average Bonchev–Trinajstić information content (AvgIpc) is 3.16. The molecule has 1 saturated heterocycles. The summed E-state index contributed by atoms with van der Waals surface area (Å²) in [4.78, 5) is 14.2. The Hall–Kier alpha value is -1.49. The normalized spacial score (nSPS) is 35.0. The van der Waals surface area contributed by atoms with E-state index in [1.54, 1.807) is 6.07 Å². The van der Waals surface area contributed by atoms with Crippen molar-refractivity contribution >= 4 is 5.91 Å². The number of fused-ring (bicyclic) bond motifs is 2. The maximum Gasteiger partial charge on any atom is 0.238 e. The molecule has 1 aromatic carbocycles. The van der Waals surface area contributed by atoms with Gasteiger partial charge in [0.15, 0.2) is 11.6 Å². The number of carbonyl (C=O) groups excluding carboxylic acids is 1. The minimum absolute atomic E-state index is 0.0716. The topological polar surface area (TPSA) is 32.3 Å². The van der Waals surface area contributed by atoms with Gasteiger partial charge in [-0.05, 0) is 48.8 Å². The summed E-state index contributed by atoms with van der Waals surface area (Å²) < 4.78 is 26.6. The molecule has 1 aliphatic heterocycles. The van der Waals surface area contributed by atoms with E-state index in [1.165, 1.54) is 25.3 Å². The van der Waals surface area contributed by atoms with Crippen LogP contribution >= 0.6 is 0 Å². The van der Waals surface area contributed by atoms with Gasteiger partial charge in [-0.3, -0.25) is 10.1 Å². The third-order valence-corrected chi connectivity index (χ3v) is 5.33. The lowest BCUT2D eigenvalue weighted by Gasteiger charge is -2.35. The fraction of sp³-hybridized carbons (Fsp3) is 0.562. The highest BCUT2D eigenvalue weighted by Gasteiger charge is 2.47. The fourth-order valence-corrected chi connectivity index (χ4v) is 4.41. The number of benzene rings is 1. The summed E-state index contributed by atoms with van der Waals surface area (Å²) in [5.41, 5.74) is 0.627. The van der Waals surface area contributed by atoms with Crippen molar-refractivity contribution in [3.8, 4) is 0 Å². The number of hydrogen-bond donors (Lipinski definition) is 1. The predicted molar refractivity (Wildman–Crippen MR) is 73.2 cm³/mol. The molecule has 0 aromatic heterocycles. The second kappa shape index (κ2) is 4.77. The van der Waals surface area contributed by atoms with Crippen molar-refractivity contribution in [2.75, 3.05) is 6.54 Å². The van der Waals surface area contributed by atoms with Crippen LogP contribution in [-0.4, -0.2) is 23.4 Å². The molecule has 21 heavy (non-hydrogen) atoms. The Kier molecular flexibility index (Phi) is 2.99. The molecule has 1 N–H and O–H groups in total. The average molecular weight is 292 g/mol. The number of carbonyl (C=O) groups is 1. The van der Waals surface area contributed by atoms with Gasteiger partial charge in [0.05, 0.1) is 6.54 Å². The van der Waals surface area contributed by atoms with Crippen LogP contribution in [0.1, 0.15) is 37.4 Å². The van der Waals surface area contributed by atoms with E-state index in [-0.39, 0.29) is 24.7 Å². The number of amides is 1. The van der Waals surface area contributed by atoms with Gasteiger partial charge in [-0.2, -0.15) is 0 Å². The van der Waals surface area contributed by atoms with E-state index in [0.717, 1.165) is 18.4 Å². The van der Waals surface area contributed by atoms with Crippen LogP contribution in [0.25, 0.3) is 0 Å². The molecular formula is C16H18F2N2O. The second-order valence-electron chi connectivity index (χ2n) is 6.50. The minimum Gasteiger partial charge on any atom is -0.319 e. The van der Waals surface area contributed by atoms with Crippen LogP contribution in [0.3, 0.4) is 0 Å². The van der Waals surface area contributed by atoms with Gasteiger partial charge >= 0.3 is 0 Å². The van der Waals surface area contributed by atoms with E-state index in [0.29, 0.717) is 11.5 Å². The molecule has 4 rings (SSSR count). The molecule has 3 aliphatic rings. The van der Waals surface area contributed by atoms with Crippen LogP contribution < -0.4 is 5.32 Å². The molecule has 1 aromatic rings. The van der Waals surface area contributed by atoms with Crippen molar-refractivity contribution in [2.24, 2.45) is 11.8 Å². The Morgan fingerprint density at radius 1 is 1.14 bits per heavy atom. The summed E-state index contributed by atoms with van der Waals surface area (Å²) in [7, 11) is 0. The van der Waals surface area contributed by atoms with Crippen LogP contribution in [0.5, 0.6) is 0 Å². The van der Waals surface area contributed by atoms with Crippen molar-refractivity contribution < 1.29 is 13.6 Å². The third kappa shape index (κ3) is 2.06. The lowest BCUT2D eigenvalue weighted by Crippen LogP contribution is -2.42. The highest BCUT2D eigenvalue weighted by molar-refractivity contribution is 5.81. The molecule has 4 atom stereocenters. The first-order chi connectivity index (χ1) is 10.1. The quantitative estimate of drug-likeness (QED) is 0.908. The van der Waals surface area contributed by atoms with E-state index in [2.05, 4.69) is 5.32 Å². The number of halogens is 2. The number of nitrogens with zero attached hydrogens (tertiary/aromatic N) is 1. The van der Waals surface area contributed by atoms with Crippen LogP contribution in [0.4, 0.5) is 8.78 Å². The molecule has 2 bridgehead atoms. The molecular weight excluding hydrogens is 274 g/mol. The van der Waals surface area contributed by atoms with Crippen molar-refractivity contribution in [3.05, 3.63) is 35.4 Å². The molecule has 4 unspecified atom stereocenters. The number of hydrogen-bond acceptors (Lipinski definition) is 2. The SMILES string of the molecule is O=C1CNC(c2ccc(F)c(F)c2)N1C1CC2CCC1C2. The summed E-state index contributed by atoms with van der Waals surface area (Å²) in [5, 5.41) is 3.14. The van der Waals surface area contributed by atoms with Gasteiger partial charge in [-0.15, -0.1) is 0 Å². The molecule has 0 radical (unpaired) electrons. The van der Waals surface area contributed by atoms with E-state index >= 15 is 0 Å². The van der Waals surface area contributed by atoms with Gasteiger partial charge in [-0.25, -0.2) is 8.78 Å². The zero-order valence-corrected chi connectivity index (χ0v) is 11.7. The highest BCUT2D eigenvalue weighted by atomic mass is 19.2. The molecule has 1 heterocycles. The van der Waals surface area contributed by atoms with E-state index in [4.69, 9.17) is 0 Å². The van der Waals surface area contributed by atoms with Gasteiger partial charge < -0.3 is 4.90 Å². The van der Waals surface area contributed by atoms with Crippen molar-refractivity contribution in [2.45, 2.75) is 37.9 Å². The fourth-order valence-electron chi connectivity index (χ4n) is 4.41. The van der Waals surface area contributed by atoms with Crippen molar-refractivity contribution in [1.82, 2.24) is 10.2 Å². The van der Waals surface area contributed by atoms with E-state index in [1.807, 2.05) is 4.90 Å². The minimum atomic E-state index is -0.860. The molecule has 3 fully saturated rings. The summed E-state index contributed by atoms with van der Waals surface area (Å²) in [6, 6.07) is 4.15. The van der Waals surface area contributed by atoms with Crippen molar-refractivity contribution in [1.29, 1.82) is 0 Å². The smallest absolute Gasteiger partial charge is 0.238 e. The molecule has 5 heteroatoms. The molecule has 3 nitrogen and oxygen atoms in total. The summed E-state index contributed by atoms with van der Waals surface area (Å²) >= 11 is 0. The van der Waals surface area contributed by atoms with Gasteiger partial charge in [0.2, 0.25) is 5.91 Å². The van der Waals surface area contributed by atoms with E-state index in [9.17, 15) is 13.6 Å². The predicted octanol–water partition coefficient (Wildman–Crippen LogP) is 2.58. The summed E-state index contributed by atoms with van der Waals surface area (Å²) in [6.07, 6.45) is 4.39. The maximum absolute atomic E-state index is 13.5. The van der Waals surface area contributed by atoms with Gasteiger partial charge in [0.1, 0.15) is 6.17 Å². The molecule has 2 saturated carbocycles. The highest BCUT2D eigenvalue weighted by Crippen LogP contribution is 2.48. The first-order valence-electron chi connectivity index (χ1n) is 7.63. The Bertz CT molecular complexity index is 592. The number of rotatable bonds is 2. The Balaban J connectivity index is 1.64. The lowest BCUT2D eigenvalue weighted by atomic mass is 9.93. The molecule has 1 amide bonds. The standard InChI is InChI=1S/C16H18F2N2O/c17-12-4-3-11(7-13(12)18)16-19-8-15(21)20(16)14-6-9-1-2-10(14)5-9/h3-4,7,9-10,14,16,19H,1-2,5-6,8H2. The van der Waals surface area contributed by atoms with Crippen molar-refractivity contribution in [3.63, 3.8) is 0 Å². The Morgan fingerprint density at radius 3 is 2.67 bits per heavy atom. The van der Waals surface area contributed by atoms with Gasteiger partial charge in [0, 0.05) is 6.04 Å². The first kappa shape index (κ1) is 13.2. The maximum atomic E-state index is 13.5. The Morgan fingerprint density at radius 2 is 2.00 bits per heavy atom. The zero-order valence-electron chi connectivity index (χ0n) is 11.7. The van der Waals surface area contributed by atoms with Gasteiger partial charge in [-0.1, -0.05) is 12.5 Å². The van der Waals surface area contributed by atoms with Crippen LogP contribution in [0.2, 0.25) is 0 Å². The van der Waals surface area contributed by atoms with Crippen LogP contribution in [-0.2, 0) is 4.79 Å². The van der Waals surface area contributed by atoms with Crippen LogP contribution in [0.15, 0.2) is 18.2 Å². The third-order valence-electron chi connectivity index (χ3n) is 5.33. The number of nitrogens with one attached hydrogen (secondary N) is 1. The van der Waals surface area contributed by atoms with E-state index < -0.39 is 11.6 Å². The lowest BCUT2D eigenvalue weighted by molar-refractivity contribution is -0.131. The Labute approximate surface area is 122 Å². The first-order valence-corrected chi connectivity index (χ1v) is 7.63. The van der Waals surface area contributed by atoms with Crippen LogP contribution in [0, 0.1) is 23.5 Å². The monoisotopic (exact) mass is 292 g/mol. The van der Waals surface area contributed by atoms with Gasteiger partial charge in [0.25, 0.3) is 0 Å². The zero-order chi connectivity index (χ0) is 14.6. The summed E-state index contributed by atoms with van der Waals surface area (Å²) in [5.74, 6) is -0.330.